The van der Waals surface area contributed by atoms with Gasteiger partial charge in [0.1, 0.15) is 5.75 Å². The minimum Gasteiger partial charge on any atom is -0.492 e. The van der Waals surface area contributed by atoms with Gasteiger partial charge in [-0.2, -0.15) is 0 Å². The summed E-state index contributed by atoms with van der Waals surface area (Å²) in [5.74, 6) is -0.133. The largest absolute Gasteiger partial charge is 0.492 e. The molecule has 2 N–H and O–H groups in total. The highest BCUT2D eigenvalue weighted by molar-refractivity contribution is 9.11. The maximum absolute atomic E-state index is 14.1. The lowest BCUT2D eigenvalue weighted by atomic mass is 9.84. The van der Waals surface area contributed by atoms with Crippen molar-refractivity contribution in [3.05, 3.63) is 131 Å². The van der Waals surface area contributed by atoms with E-state index in [4.69, 9.17) is 4.74 Å². The van der Waals surface area contributed by atoms with E-state index in [1.165, 1.54) is 9.36 Å². The Hall–Kier alpha value is -3.56. The lowest BCUT2D eigenvalue weighted by Crippen LogP contribution is -2.26. The van der Waals surface area contributed by atoms with Crippen molar-refractivity contribution in [1.82, 2.24) is 19.6 Å². The summed E-state index contributed by atoms with van der Waals surface area (Å²) in [5.41, 5.74) is 3.91. The van der Waals surface area contributed by atoms with Gasteiger partial charge in [-0.15, -0.1) is 0 Å². The molecular formula is C29H26Br2N4O3. The molecule has 3 aromatic carbocycles. The minimum absolute atomic E-state index is 0.233. The molecule has 5 rings (SSSR count). The maximum Gasteiger partial charge on any atom is 0.275 e. The Balaban J connectivity index is 1.85. The van der Waals surface area contributed by atoms with Gasteiger partial charge < -0.3 is 4.74 Å². The second-order valence-corrected chi connectivity index (χ2v) is 10.7. The molecule has 194 valence electrons. The number of H-pyrrole nitrogens is 2. The van der Waals surface area contributed by atoms with E-state index in [-0.39, 0.29) is 11.1 Å². The van der Waals surface area contributed by atoms with E-state index in [9.17, 15) is 9.59 Å². The van der Waals surface area contributed by atoms with Gasteiger partial charge in [-0.05, 0) is 73.1 Å². The topological polar surface area (TPSA) is 84.8 Å². The quantitative estimate of drug-likeness (QED) is 0.218. The molecule has 0 fully saturated rings. The van der Waals surface area contributed by atoms with Crippen LogP contribution in [0.15, 0.2) is 91.3 Å². The van der Waals surface area contributed by atoms with E-state index in [1.807, 2.05) is 93.6 Å². The van der Waals surface area contributed by atoms with Gasteiger partial charge in [-0.3, -0.25) is 19.8 Å². The Labute approximate surface area is 236 Å². The third kappa shape index (κ3) is 4.61. The van der Waals surface area contributed by atoms with Crippen LogP contribution in [0.5, 0.6) is 5.75 Å². The number of benzene rings is 3. The summed E-state index contributed by atoms with van der Waals surface area (Å²) in [5, 5.41) is 6.46. The number of halogens is 2. The molecule has 0 bridgehead atoms. The van der Waals surface area contributed by atoms with E-state index in [0.717, 1.165) is 8.95 Å². The Morgan fingerprint density at radius 1 is 0.789 bits per heavy atom. The van der Waals surface area contributed by atoms with Crippen LogP contribution in [0.25, 0.3) is 11.4 Å². The summed E-state index contributed by atoms with van der Waals surface area (Å²) in [6.07, 6.45) is 0. The fourth-order valence-electron chi connectivity index (χ4n) is 4.86. The zero-order valence-corrected chi connectivity index (χ0v) is 24.3. The van der Waals surface area contributed by atoms with Crippen LogP contribution in [0, 0.1) is 13.8 Å². The standard InChI is InChI=1S/C29H26Br2N4O3/c1-4-38-27-22(15-19(30)16-23(27)31)26(24-17(2)32-34(28(24)36)20-11-7-5-8-12-20)25-18(3)33-35(29(25)37)21-13-9-6-10-14-21/h5-16,26,32-33H,4H2,1-3H3. The first-order chi connectivity index (χ1) is 18.3. The number of aromatic amines is 2. The number of nitrogens with zero attached hydrogens (tertiary/aromatic N) is 2. The molecule has 5 aromatic rings. The highest BCUT2D eigenvalue weighted by Gasteiger charge is 2.33. The highest BCUT2D eigenvalue weighted by atomic mass is 79.9. The molecule has 0 saturated heterocycles. The molecule has 7 nitrogen and oxygen atoms in total. The molecule has 0 aliphatic rings. The van der Waals surface area contributed by atoms with E-state index in [2.05, 4.69) is 42.1 Å². The number of rotatable bonds is 7. The Morgan fingerprint density at radius 3 is 1.71 bits per heavy atom. The molecule has 0 unspecified atom stereocenters. The Bertz CT molecular complexity index is 1620. The van der Waals surface area contributed by atoms with Crippen LogP contribution in [0.4, 0.5) is 0 Å². The molecule has 0 amide bonds. The molecule has 0 aliphatic heterocycles. The first kappa shape index (κ1) is 26.1. The predicted octanol–water partition coefficient (Wildman–Crippen LogP) is 6.37. The third-order valence-electron chi connectivity index (χ3n) is 6.48. The average molecular weight is 638 g/mol. The van der Waals surface area contributed by atoms with E-state index >= 15 is 0 Å². The number of aromatic nitrogens is 4. The smallest absolute Gasteiger partial charge is 0.275 e. The molecule has 38 heavy (non-hydrogen) atoms. The molecule has 0 spiro atoms. The van der Waals surface area contributed by atoms with Crippen LogP contribution in [-0.4, -0.2) is 26.2 Å². The fraction of sp³-hybridized carbons (Fsp3) is 0.172. The first-order valence-electron chi connectivity index (χ1n) is 12.2. The number of hydrogen-bond donors (Lipinski definition) is 2. The highest BCUT2D eigenvalue weighted by Crippen LogP contribution is 2.42. The van der Waals surface area contributed by atoms with Gasteiger partial charge in [0.15, 0.2) is 0 Å². The van der Waals surface area contributed by atoms with Crippen LogP contribution in [-0.2, 0) is 0 Å². The van der Waals surface area contributed by atoms with Gasteiger partial charge in [0.05, 0.1) is 39.5 Å². The molecular weight excluding hydrogens is 612 g/mol. The van der Waals surface area contributed by atoms with Gasteiger partial charge >= 0.3 is 0 Å². The van der Waals surface area contributed by atoms with Crippen molar-refractivity contribution in [2.24, 2.45) is 0 Å². The zero-order chi connectivity index (χ0) is 27.0. The monoisotopic (exact) mass is 636 g/mol. The average Bonchev–Trinajstić information content (AvgIpc) is 3.37. The van der Waals surface area contributed by atoms with Gasteiger partial charge in [-0.25, -0.2) is 9.36 Å². The van der Waals surface area contributed by atoms with E-state index in [0.29, 0.717) is 51.8 Å². The third-order valence-corrected chi connectivity index (χ3v) is 7.52. The number of nitrogens with one attached hydrogen (secondary N) is 2. The van der Waals surface area contributed by atoms with Crippen LogP contribution >= 0.6 is 31.9 Å². The second-order valence-electron chi connectivity index (χ2n) is 8.93. The van der Waals surface area contributed by atoms with Crippen molar-refractivity contribution >= 4 is 31.9 Å². The van der Waals surface area contributed by atoms with Crippen molar-refractivity contribution < 1.29 is 4.74 Å². The maximum atomic E-state index is 14.1. The number of para-hydroxylation sites is 2. The molecule has 0 atom stereocenters. The van der Waals surface area contributed by atoms with E-state index in [1.54, 1.807) is 0 Å². The summed E-state index contributed by atoms with van der Waals surface area (Å²) in [6, 6.07) is 22.6. The number of hydrogen-bond acceptors (Lipinski definition) is 3. The first-order valence-corrected chi connectivity index (χ1v) is 13.8. The van der Waals surface area contributed by atoms with Gasteiger partial charge in [0.2, 0.25) is 0 Å². The summed E-state index contributed by atoms with van der Waals surface area (Å²) in [4.78, 5) is 28.1. The Kier molecular flexibility index (Phi) is 7.32. The second kappa shape index (κ2) is 10.7. The molecule has 0 saturated carbocycles. The lowest BCUT2D eigenvalue weighted by molar-refractivity contribution is 0.334. The SMILES string of the molecule is CCOc1c(Br)cc(Br)cc1C(c1c(C)[nH]n(-c2ccccc2)c1=O)c1c(C)[nH]n(-c2ccccc2)c1=O. The predicted molar refractivity (Wildman–Crippen MR) is 156 cm³/mol. The van der Waals surface area contributed by atoms with Gasteiger partial charge in [0.25, 0.3) is 11.1 Å². The minimum atomic E-state index is -0.715. The summed E-state index contributed by atoms with van der Waals surface area (Å²) in [6.45, 7) is 6.03. The van der Waals surface area contributed by atoms with Crippen LogP contribution in [0.2, 0.25) is 0 Å². The van der Waals surface area contributed by atoms with Crippen LogP contribution in [0.1, 0.15) is 40.9 Å². The van der Waals surface area contributed by atoms with Crippen molar-refractivity contribution in [3.63, 3.8) is 0 Å². The zero-order valence-electron chi connectivity index (χ0n) is 21.1. The molecule has 0 radical (unpaired) electrons. The van der Waals surface area contributed by atoms with Crippen LogP contribution < -0.4 is 15.9 Å². The molecule has 2 aromatic heterocycles. The molecule has 0 aliphatic carbocycles. The van der Waals surface area contributed by atoms with Crippen molar-refractivity contribution in [1.29, 1.82) is 0 Å². The van der Waals surface area contributed by atoms with Crippen LogP contribution in [0.3, 0.4) is 0 Å². The van der Waals surface area contributed by atoms with Crippen molar-refractivity contribution in [3.8, 4) is 17.1 Å². The van der Waals surface area contributed by atoms with E-state index < -0.39 is 5.92 Å². The van der Waals surface area contributed by atoms with Crippen molar-refractivity contribution in [2.45, 2.75) is 26.7 Å². The van der Waals surface area contributed by atoms with Gasteiger partial charge in [0, 0.05) is 21.4 Å². The Morgan fingerprint density at radius 2 is 1.26 bits per heavy atom. The number of aryl methyl sites for hydroxylation is 2. The molecule has 9 heteroatoms. The van der Waals surface area contributed by atoms with Gasteiger partial charge in [-0.1, -0.05) is 52.3 Å². The summed E-state index contributed by atoms with van der Waals surface area (Å²) < 4.78 is 10.6. The summed E-state index contributed by atoms with van der Waals surface area (Å²) in [7, 11) is 0. The lowest BCUT2D eigenvalue weighted by Gasteiger charge is -2.21. The fourth-order valence-corrected chi connectivity index (χ4v) is 6.24. The molecule has 2 heterocycles. The normalized spacial score (nSPS) is 11.3. The van der Waals surface area contributed by atoms with Crippen molar-refractivity contribution in [2.75, 3.05) is 6.61 Å². The summed E-state index contributed by atoms with van der Waals surface area (Å²) >= 11 is 7.23. The number of ether oxygens (including phenoxy) is 1.